The molecule has 6 nitrogen and oxygen atoms in total. The SMILES string of the molecule is O=C(CCC1(Cc2ccc(F)cc2)CCC(=O)N1)NCc1cnn(Cc2ccccc2)c1. The van der Waals surface area contributed by atoms with Crippen LogP contribution in [-0.4, -0.2) is 27.1 Å². The number of rotatable bonds is 9. The van der Waals surface area contributed by atoms with E-state index in [-0.39, 0.29) is 17.6 Å². The molecule has 1 saturated heterocycles. The van der Waals surface area contributed by atoms with Crippen LogP contribution in [0.4, 0.5) is 4.39 Å². The summed E-state index contributed by atoms with van der Waals surface area (Å²) in [6, 6.07) is 16.4. The number of carbonyl (C=O) groups excluding carboxylic acids is 2. The lowest BCUT2D eigenvalue weighted by Crippen LogP contribution is -2.44. The van der Waals surface area contributed by atoms with Gasteiger partial charge in [0.1, 0.15) is 5.82 Å². The Morgan fingerprint density at radius 2 is 1.88 bits per heavy atom. The second-order valence-electron chi connectivity index (χ2n) is 8.44. The smallest absolute Gasteiger partial charge is 0.220 e. The molecular weight excluding hydrogens is 407 g/mol. The predicted octanol–water partition coefficient (Wildman–Crippen LogP) is 3.36. The van der Waals surface area contributed by atoms with E-state index >= 15 is 0 Å². The molecule has 2 heterocycles. The van der Waals surface area contributed by atoms with Crippen LogP contribution in [0.5, 0.6) is 0 Å². The van der Waals surface area contributed by atoms with Crippen molar-refractivity contribution in [2.45, 2.75) is 50.7 Å². The van der Waals surface area contributed by atoms with E-state index < -0.39 is 5.54 Å². The molecule has 0 saturated carbocycles. The molecule has 0 aliphatic carbocycles. The van der Waals surface area contributed by atoms with E-state index in [0.29, 0.717) is 45.2 Å². The number of hydrogen-bond donors (Lipinski definition) is 2. The lowest BCUT2D eigenvalue weighted by molar-refractivity contribution is -0.122. The van der Waals surface area contributed by atoms with Crippen molar-refractivity contribution in [2.24, 2.45) is 0 Å². The maximum absolute atomic E-state index is 13.2. The van der Waals surface area contributed by atoms with E-state index in [9.17, 15) is 14.0 Å². The minimum atomic E-state index is -0.465. The molecule has 1 aliphatic rings. The Morgan fingerprint density at radius 1 is 1.09 bits per heavy atom. The van der Waals surface area contributed by atoms with Gasteiger partial charge in [-0.25, -0.2) is 4.39 Å². The predicted molar refractivity (Wildman–Crippen MR) is 119 cm³/mol. The molecule has 0 radical (unpaired) electrons. The molecule has 2 amide bonds. The summed E-state index contributed by atoms with van der Waals surface area (Å²) in [6.07, 6.45) is 6.23. The van der Waals surface area contributed by atoms with Gasteiger partial charge in [-0.1, -0.05) is 42.5 Å². The molecule has 1 aliphatic heterocycles. The third kappa shape index (κ3) is 5.81. The van der Waals surface area contributed by atoms with Crippen molar-refractivity contribution in [3.05, 3.63) is 89.5 Å². The highest BCUT2D eigenvalue weighted by molar-refractivity contribution is 5.80. The monoisotopic (exact) mass is 434 g/mol. The molecule has 1 fully saturated rings. The zero-order valence-corrected chi connectivity index (χ0v) is 17.9. The molecule has 0 spiro atoms. The molecule has 1 atom stereocenters. The number of nitrogens with one attached hydrogen (secondary N) is 2. The van der Waals surface area contributed by atoms with Crippen molar-refractivity contribution < 1.29 is 14.0 Å². The summed E-state index contributed by atoms with van der Waals surface area (Å²) in [5.74, 6) is -0.358. The van der Waals surface area contributed by atoms with E-state index in [4.69, 9.17) is 0 Å². The molecule has 3 aromatic rings. The maximum Gasteiger partial charge on any atom is 0.220 e. The number of halogens is 1. The Bertz CT molecular complexity index is 1070. The number of carbonyl (C=O) groups is 2. The van der Waals surface area contributed by atoms with Crippen molar-refractivity contribution in [3.63, 3.8) is 0 Å². The summed E-state index contributed by atoms with van der Waals surface area (Å²) in [5.41, 5.74) is 2.58. The van der Waals surface area contributed by atoms with Crippen LogP contribution >= 0.6 is 0 Å². The van der Waals surface area contributed by atoms with Crippen molar-refractivity contribution >= 4 is 11.8 Å². The molecule has 166 valence electrons. The molecule has 2 aromatic carbocycles. The maximum atomic E-state index is 13.2. The van der Waals surface area contributed by atoms with Gasteiger partial charge < -0.3 is 10.6 Å². The quantitative estimate of drug-likeness (QED) is 0.542. The normalized spacial score (nSPS) is 17.8. The van der Waals surface area contributed by atoms with Gasteiger partial charge in [-0.2, -0.15) is 5.10 Å². The van der Waals surface area contributed by atoms with Gasteiger partial charge in [0.05, 0.1) is 12.7 Å². The van der Waals surface area contributed by atoms with Gasteiger partial charge in [0, 0.05) is 36.7 Å². The Balaban J connectivity index is 1.28. The standard InChI is InChI=1S/C25H27FN4O2/c26-22-8-6-19(7-9-22)14-25(13-11-24(32)29-25)12-10-23(31)27-15-21-16-28-30(18-21)17-20-4-2-1-3-5-20/h1-9,16,18H,10-15,17H2,(H,27,31)(H,29,32). The highest BCUT2D eigenvalue weighted by atomic mass is 19.1. The van der Waals surface area contributed by atoms with Gasteiger partial charge in [0.15, 0.2) is 0 Å². The zero-order valence-electron chi connectivity index (χ0n) is 17.9. The average molecular weight is 435 g/mol. The number of amides is 2. The fraction of sp³-hybridized carbons (Fsp3) is 0.320. The van der Waals surface area contributed by atoms with Crippen LogP contribution in [0, 0.1) is 5.82 Å². The number of hydrogen-bond acceptors (Lipinski definition) is 3. The minimum absolute atomic E-state index is 0.00153. The molecule has 4 rings (SSSR count). The molecule has 1 aromatic heterocycles. The Hall–Kier alpha value is -3.48. The van der Waals surface area contributed by atoms with Crippen LogP contribution < -0.4 is 10.6 Å². The number of nitrogens with zero attached hydrogens (tertiary/aromatic N) is 2. The lowest BCUT2D eigenvalue weighted by atomic mass is 9.85. The summed E-state index contributed by atoms with van der Waals surface area (Å²) in [7, 11) is 0. The summed E-state index contributed by atoms with van der Waals surface area (Å²) >= 11 is 0. The van der Waals surface area contributed by atoms with E-state index in [2.05, 4.69) is 15.7 Å². The summed E-state index contributed by atoms with van der Waals surface area (Å²) < 4.78 is 15.1. The molecule has 7 heteroatoms. The minimum Gasteiger partial charge on any atom is -0.352 e. The van der Waals surface area contributed by atoms with Crippen LogP contribution in [0.25, 0.3) is 0 Å². The Kier molecular flexibility index (Phi) is 6.63. The van der Waals surface area contributed by atoms with Gasteiger partial charge >= 0.3 is 0 Å². The van der Waals surface area contributed by atoms with Crippen LogP contribution in [0.1, 0.15) is 42.4 Å². The summed E-state index contributed by atoms with van der Waals surface area (Å²) in [6.45, 7) is 1.09. The van der Waals surface area contributed by atoms with E-state index in [1.165, 1.54) is 12.1 Å². The first-order valence-corrected chi connectivity index (χ1v) is 10.9. The average Bonchev–Trinajstić information content (AvgIpc) is 3.40. The van der Waals surface area contributed by atoms with Gasteiger partial charge in [-0.15, -0.1) is 0 Å². The molecular formula is C25H27FN4O2. The topological polar surface area (TPSA) is 76.0 Å². The fourth-order valence-corrected chi connectivity index (χ4v) is 4.17. The zero-order chi connectivity index (χ0) is 22.4. The van der Waals surface area contributed by atoms with Crippen LogP contribution in [0.2, 0.25) is 0 Å². The van der Waals surface area contributed by atoms with E-state index in [1.54, 1.807) is 18.3 Å². The van der Waals surface area contributed by atoms with Gasteiger partial charge in [-0.3, -0.25) is 14.3 Å². The van der Waals surface area contributed by atoms with Crippen molar-refractivity contribution in [2.75, 3.05) is 0 Å². The number of aromatic nitrogens is 2. The summed E-state index contributed by atoms with van der Waals surface area (Å²) in [4.78, 5) is 24.4. The Labute approximate surface area is 186 Å². The third-order valence-electron chi connectivity index (χ3n) is 5.89. The van der Waals surface area contributed by atoms with Gasteiger partial charge in [0.2, 0.25) is 11.8 Å². The van der Waals surface area contributed by atoms with Crippen LogP contribution in [0.3, 0.4) is 0 Å². The van der Waals surface area contributed by atoms with Crippen molar-refractivity contribution in [3.8, 4) is 0 Å². The molecule has 1 unspecified atom stereocenters. The third-order valence-corrected chi connectivity index (χ3v) is 5.89. The first-order valence-electron chi connectivity index (χ1n) is 10.9. The molecule has 32 heavy (non-hydrogen) atoms. The number of benzene rings is 2. The Morgan fingerprint density at radius 3 is 2.59 bits per heavy atom. The second kappa shape index (κ2) is 9.77. The highest BCUT2D eigenvalue weighted by Gasteiger charge is 2.37. The van der Waals surface area contributed by atoms with Gasteiger partial charge in [0.25, 0.3) is 0 Å². The summed E-state index contributed by atoms with van der Waals surface area (Å²) in [5, 5.41) is 10.4. The molecule has 0 bridgehead atoms. The highest BCUT2D eigenvalue weighted by Crippen LogP contribution is 2.29. The van der Waals surface area contributed by atoms with E-state index in [0.717, 1.165) is 16.7 Å². The van der Waals surface area contributed by atoms with Crippen molar-refractivity contribution in [1.82, 2.24) is 20.4 Å². The second-order valence-corrected chi connectivity index (χ2v) is 8.44. The van der Waals surface area contributed by atoms with E-state index in [1.807, 2.05) is 41.2 Å². The fourth-order valence-electron chi connectivity index (χ4n) is 4.17. The van der Waals surface area contributed by atoms with Gasteiger partial charge in [-0.05, 0) is 42.5 Å². The lowest BCUT2D eigenvalue weighted by Gasteiger charge is -2.29. The first-order chi connectivity index (χ1) is 15.5. The van der Waals surface area contributed by atoms with Crippen LogP contribution in [-0.2, 0) is 29.1 Å². The van der Waals surface area contributed by atoms with Crippen molar-refractivity contribution in [1.29, 1.82) is 0 Å². The largest absolute Gasteiger partial charge is 0.352 e. The first kappa shape index (κ1) is 21.7. The molecule has 2 N–H and O–H groups in total. The van der Waals surface area contributed by atoms with Crippen LogP contribution in [0.15, 0.2) is 67.0 Å².